The van der Waals surface area contributed by atoms with E-state index in [4.69, 9.17) is 0 Å². The first-order chi connectivity index (χ1) is 14.1. The van der Waals surface area contributed by atoms with Crippen molar-refractivity contribution in [1.82, 2.24) is 25.1 Å². The molecule has 6 nitrogen and oxygen atoms in total. The molecule has 0 spiro atoms. The van der Waals surface area contributed by atoms with Crippen LogP contribution in [0.4, 0.5) is 8.78 Å². The Bertz CT molecular complexity index is 1150. The number of benzene rings is 2. The van der Waals surface area contributed by atoms with Gasteiger partial charge in [-0.1, -0.05) is 23.9 Å². The maximum atomic E-state index is 13.1. The number of nitrogens with one attached hydrogen (secondary N) is 1. The van der Waals surface area contributed by atoms with Crippen molar-refractivity contribution in [2.75, 3.05) is 5.75 Å². The highest BCUT2D eigenvalue weighted by Crippen LogP contribution is 2.21. The zero-order valence-corrected chi connectivity index (χ0v) is 15.9. The minimum Gasteiger partial charge on any atom is -0.351 e. The van der Waals surface area contributed by atoms with Crippen molar-refractivity contribution in [3.05, 3.63) is 77.9 Å². The van der Waals surface area contributed by atoms with Crippen LogP contribution in [0.25, 0.3) is 16.9 Å². The Morgan fingerprint density at radius 3 is 2.34 bits per heavy atom. The molecule has 0 saturated heterocycles. The first-order valence-electron chi connectivity index (χ1n) is 8.71. The van der Waals surface area contributed by atoms with Crippen LogP contribution in [-0.2, 0) is 11.3 Å². The van der Waals surface area contributed by atoms with E-state index in [-0.39, 0.29) is 23.3 Å². The molecular formula is C20H15F2N5OS. The van der Waals surface area contributed by atoms with E-state index in [1.165, 1.54) is 36.0 Å². The van der Waals surface area contributed by atoms with Crippen molar-refractivity contribution in [2.24, 2.45) is 0 Å². The molecular weight excluding hydrogens is 396 g/mol. The number of nitrogens with zero attached hydrogens (tertiary/aromatic N) is 4. The molecule has 4 rings (SSSR count). The first kappa shape index (κ1) is 19.0. The predicted molar refractivity (Wildman–Crippen MR) is 105 cm³/mol. The van der Waals surface area contributed by atoms with E-state index in [2.05, 4.69) is 20.6 Å². The summed E-state index contributed by atoms with van der Waals surface area (Å²) in [6.45, 7) is 0.313. The zero-order valence-electron chi connectivity index (χ0n) is 15.0. The van der Waals surface area contributed by atoms with Crippen molar-refractivity contribution in [1.29, 1.82) is 0 Å². The van der Waals surface area contributed by atoms with Crippen molar-refractivity contribution >= 4 is 23.3 Å². The molecule has 2 heterocycles. The van der Waals surface area contributed by atoms with Crippen LogP contribution in [-0.4, -0.2) is 31.5 Å². The van der Waals surface area contributed by atoms with E-state index in [9.17, 15) is 13.6 Å². The van der Waals surface area contributed by atoms with Crippen LogP contribution >= 0.6 is 11.8 Å². The van der Waals surface area contributed by atoms with Crippen LogP contribution in [0.2, 0.25) is 0 Å². The van der Waals surface area contributed by atoms with Gasteiger partial charge >= 0.3 is 0 Å². The number of halogens is 2. The summed E-state index contributed by atoms with van der Waals surface area (Å²) in [6.07, 6.45) is 0. The topological polar surface area (TPSA) is 72.2 Å². The van der Waals surface area contributed by atoms with Crippen LogP contribution < -0.4 is 5.32 Å². The average molecular weight is 411 g/mol. The summed E-state index contributed by atoms with van der Waals surface area (Å²) in [4.78, 5) is 12.1. The van der Waals surface area contributed by atoms with Gasteiger partial charge in [-0.25, -0.2) is 8.78 Å². The van der Waals surface area contributed by atoms with Gasteiger partial charge in [-0.05, 0) is 54.1 Å². The third-order valence-corrected chi connectivity index (χ3v) is 5.03. The van der Waals surface area contributed by atoms with Gasteiger partial charge in [0, 0.05) is 12.1 Å². The molecule has 0 unspecified atom stereocenters. The molecule has 0 saturated carbocycles. The highest BCUT2D eigenvalue weighted by molar-refractivity contribution is 7.99. The van der Waals surface area contributed by atoms with Crippen LogP contribution in [0.3, 0.4) is 0 Å². The van der Waals surface area contributed by atoms with Crippen LogP contribution in [0.5, 0.6) is 0 Å². The van der Waals surface area contributed by atoms with Gasteiger partial charge < -0.3 is 5.32 Å². The summed E-state index contributed by atoms with van der Waals surface area (Å²) in [5, 5.41) is 15.9. The molecule has 29 heavy (non-hydrogen) atoms. The summed E-state index contributed by atoms with van der Waals surface area (Å²) in [5.41, 5.74) is 2.75. The minimum absolute atomic E-state index is 0.129. The molecule has 0 aliphatic heterocycles. The average Bonchev–Trinajstić information content (AvgIpc) is 3.14. The van der Waals surface area contributed by atoms with Crippen LogP contribution in [0, 0.1) is 11.6 Å². The highest BCUT2D eigenvalue weighted by Gasteiger charge is 2.12. The molecule has 1 N–H and O–H groups in total. The van der Waals surface area contributed by atoms with Gasteiger partial charge in [0.2, 0.25) is 11.1 Å². The van der Waals surface area contributed by atoms with Crippen LogP contribution in [0.1, 0.15) is 5.56 Å². The number of carbonyl (C=O) groups excluding carboxylic acids is 1. The molecule has 2 aromatic carbocycles. The number of carbonyl (C=O) groups is 1. The Hall–Kier alpha value is -3.33. The normalized spacial score (nSPS) is 11.0. The third kappa shape index (κ3) is 4.57. The van der Waals surface area contributed by atoms with E-state index < -0.39 is 0 Å². The summed E-state index contributed by atoms with van der Waals surface area (Å²) >= 11 is 1.20. The van der Waals surface area contributed by atoms with Crippen molar-refractivity contribution in [2.45, 2.75) is 11.7 Å². The van der Waals surface area contributed by atoms with Crippen molar-refractivity contribution < 1.29 is 13.6 Å². The molecule has 0 fully saturated rings. The second kappa shape index (κ2) is 8.36. The lowest BCUT2D eigenvalue weighted by Gasteiger charge is -2.05. The fourth-order valence-corrected chi connectivity index (χ4v) is 3.34. The Morgan fingerprint density at radius 1 is 0.931 bits per heavy atom. The number of thioether (sulfide) groups is 1. The Morgan fingerprint density at radius 2 is 1.62 bits per heavy atom. The molecule has 0 aliphatic carbocycles. The molecule has 2 aromatic heterocycles. The van der Waals surface area contributed by atoms with Crippen molar-refractivity contribution in [3.8, 4) is 11.3 Å². The maximum absolute atomic E-state index is 13.1. The number of hydrogen-bond acceptors (Lipinski definition) is 5. The highest BCUT2D eigenvalue weighted by atomic mass is 32.2. The number of rotatable bonds is 6. The fourth-order valence-electron chi connectivity index (χ4n) is 2.62. The number of hydrogen-bond donors (Lipinski definition) is 1. The van der Waals surface area contributed by atoms with E-state index in [0.717, 1.165) is 11.1 Å². The van der Waals surface area contributed by atoms with Gasteiger partial charge in [-0.3, -0.25) is 4.79 Å². The Kier molecular flexibility index (Phi) is 5.48. The summed E-state index contributed by atoms with van der Waals surface area (Å²) in [5.74, 6) is -0.695. The molecule has 1 amide bonds. The second-order valence-electron chi connectivity index (χ2n) is 6.17. The van der Waals surface area contributed by atoms with Gasteiger partial charge in [-0.15, -0.1) is 10.2 Å². The standard InChI is InChI=1S/C20H15F2N5OS/c21-15-5-1-13(2-6-15)11-23-19(28)12-29-20-25-24-18-10-9-17(26-27(18)20)14-3-7-16(22)8-4-14/h1-10H,11-12H2,(H,23,28). The van der Waals surface area contributed by atoms with Gasteiger partial charge in [0.25, 0.3) is 0 Å². The second-order valence-corrected chi connectivity index (χ2v) is 7.11. The third-order valence-electron chi connectivity index (χ3n) is 4.11. The first-order valence-corrected chi connectivity index (χ1v) is 9.69. The summed E-state index contributed by atoms with van der Waals surface area (Å²) in [6, 6.07) is 15.5. The lowest BCUT2D eigenvalue weighted by Crippen LogP contribution is -2.24. The van der Waals surface area contributed by atoms with Gasteiger partial charge in [0.15, 0.2) is 5.65 Å². The van der Waals surface area contributed by atoms with E-state index in [1.807, 2.05) is 0 Å². The van der Waals surface area contributed by atoms with E-state index in [0.29, 0.717) is 23.0 Å². The molecule has 0 bridgehead atoms. The predicted octanol–water partition coefficient (Wildman–Crippen LogP) is 3.48. The smallest absolute Gasteiger partial charge is 0.230 e. The molecule has 0 aliphatic rings. The molecule has 4 aromatic rings. The molecule has 146 valence electrons. The lowest BCUT2D eigenvalue weighted by atomic mass is 10.1. The zero-order chi connectivity index (χ0) is 20.2. The molecule has 9 heteroatoms. The number of aromatic nitrogens is 4. The van der Waals surface area contributed by atoms with Crippen molar-refractivity contribution in [3.63, 3.8) is 0 Å². The Labute approximate surface area is 169 Å². The SMILES string of the molecule is O=C(CSc1nnc2ccc(-c3ccc(F)cc3)nn12)NCc1ccc(F)cc1. The summed E-state index contributed by atoms with van der Waals surface area (Å²) in [7, 11) is 0. The van der Waals surface area contributed by atoms with Gasteiger partial charge in [0.05, 0.1) is 11.4 Å². The quantitative estimate of drug-likeness (QED) is 0.492. The summed E-state index contributed by atoms with van der Waals surface area (Å²) < 4.78 is 27.6. The Balaban J connectivity index is 1.42. The monoisotopic (exact) mass is 411 g/mol. The maximum Gasteiger partial charge on any atom is 0.230 e. The minimum atomic E-state index is -0.318. The molecule has 0 radical (unpaired) electrons. The van der Waals surface area contributed by atoms with Gasteiger partial charge in [0.1, 0.15) is 11.6 Å². The lowest BCUT2D eigenvalue weighted by molar-refractivity contribution is -0.118. The fraction of sp³-hybridized carbons (Fsp3) is 0.100. The number of amides is 1. The van der Waals surface area contributed by atoms with E-state index in [1.54, 1.807) is 40.9 Å². The van der Waals surface area contributed by atoms with Crippen LogP contribution in [0.15, 0.2) is 65.8 Å². The molecule has 0 atom stereocenters. The largest absolute Gasteiger partial charge is 0.351 e. The number of fused-ring (bicyclic) bond motifs is 1. The van der Waals surface area contributed by atoms with E-state index >= 15 is 0 Å². The van der Waals surface area contributed by atoms with Gasteiger partial charge in [-0.2, -0.15) is 9.61 Å².